The molecule has 0 saturated heterocycles. The highest BCUT2D eigenvalue weighted by Gasteiger charge is 2.36. The van der Waals surface area contributed by atoms with Crippen molar-refractivity contribution in [3.05, 3.63) is 59.4 Å². The van der Waals surface area contributed by atoms with Crippen LogP contribution in [0.1, 0.15) is 94.6 Å². The second kappa shape index (κ2) is 12.5. The molecule has 7 heteroatoms. The molecule has 2 saturated carbocycles. The number of halogens is 5. The van der Waals surface area contributed by atoms with Crippen molar-refractivity contribution in [1.82, 2.24) is 0 Å². The Morgan fingerprint density at radius 2 is 1.49 bits per heavy atom. The van der Waals surface area contributed by atoms with E-state index in [2.05, 4.69) is 11.7 Å². The molecule has 4 rings (SSSR count). The summed E-state index contributed by atoms with van der Waals surface area (Å²) in [4.78, 5) is 0. The van der Waals surface area contributed by atoms with Gasteiger partial charge in [-0.1, -0.05) is 51.2 Å². The summed E-state index contributed by atoms with van der Waals surface area (Å²) in [6, 6.07) is 8.58. The van der Waals surface area contributed by atoms with E-state index in [-0.39, 0.29) is 5.56 Å². The van der Waals surface area contributed by atoms with Gasteiger partial charge >= 0.3 is 12.7 Å². The van der Waals surface area contributed by atoms with E-state index in [0.717, 1.165) is 48.3 Å². The summed E-state index contributed by atoms with van der Waals surface area (Å²) in [5.41, 5.74) is 0.707. The summed E-state index contributed by atoms with van der Waals surface area (Å²) in [7, 11) is 0. The lowest BCUT2D eigenvalue weighted by Crippen LogP contribution is -2.25. The fourth-order valence-electron chi connectivity index (χ4n) is 6.26. The number of hydrogen-bond donors (Lipinski definition) is 0. The van der Waals surface area contributed by atoms with Gasteiger partial charge in [0, 0.05) is 6.07 Å². The maximum Gasteiger partial charge on any atom is 0.426 e. The van der Waals surface area contributed by atoms with E-state index in [1.807, 2.05) is 0 Å². The Hall–Kier alpha value is -2.31. The summed E-state index contributed by atoms with van der Waals surface area (Å²) in [5.74, 6) is 0.513. The van der Waals surface area contributed by atoms with Gasteiger partial charge in [0.05, 0.1) is 5.56 Å². The Labute approximate surface area is 216 Å². The molecule has 2 fully saturated rings. The highest BCUT2D eigenvalue weighted by atomic mass is 19.3. The maximum atomic E-state index is 14.7. The lowest BCUT2D eigenvalue weighted by Gasteiger charge is -2.38. The van der Waals surface area contributed by atoms with E-state index in [0.29, 0.717) is 12.0 Å². The molecule has 0 atom stereocenters. The van der Waals surface area contributed by atoms with E-state index in [1.165, 1.54) is 69.9 Å². The van der Waals surface area contributed by atoms with Crippen LogP contribution in [0.5, 0.6) is 11.5 Å². The lowest BCUT2D eigenvalue weighted by atomic mass is 9.68. The number of alkyl halides is 4. The van der Waals surface area contributed by atoms with Gasteiger partial charge in [0.25, 0.3) is 0 Å². The van der Waals surface area contributed by atoms with Gasteiger partial charge in [-0.3, -0.25) is 0 Å². The molecule has 0 radical (unpaired) electrons. The standard InChI is InChI=1S/C30H37F5O2/c1-2-3-4-20-5-7-21(8-6-20)22-9-11-23(12-10-22)24-13-15-25(16-14-24)30(34,35)37-26-17-18-28(27(31)19-26)36-29(32)33/h13-23,29H,2-12H2,1H3. The van der Waals surface area contributed by atoms with Gasteiger partial charge in [-0.25, -0.2) is 4.39 Å². The van der Waals surface area contributed by atoms with Gasteiger partial charge in [-0.2, -0.15) is 17.6 Å². The quantitative estimate of drug-likeness (QED) is 0.288. The minimum absolute atomic E-state index is 0.349. The van der Waals surface area contributed by atoms with E-state index >= 15 is 0 Å². The second-order valence-corrected chi connectivity index (χ2v) is 10.7. The lowest BCUT2D eigenvalue weighted by molar-refractivity contribution is -0.185. The van der Waals surface area contributed by atoms with Crippen molar-refractivity contribution < 1.29 is 31.4 Å². The Balaban J connectivity index is 1.29. The predicted molar refractivity (Wildman–Crippen MR) is 134 cm³/mol. The van der Waals surface area contributed by atoms with Gasteiger partial charge in [0.15, 0.2) is 11.6 Å². The van der Waals surface area contributed by atoms with Gasteiger partial charge in [-0.05, 0) is 92.0 Å². The topological polar surface area (TPSA) is 18.5 Å². The first kappa shape index (κ1) is 27.7. The monoisotopic (exact) mass is 524 g/mol. The predicted octanol–water partition coefficient (Wildman–Crippen LogP) is 9.83. The van der Waals surface area contributed by atoms with E-state index in [9.17, 15) is 22.0 Å². The fraction of sp³-hybridized carbons (Fsp3) is 0.600. The third-order valence-electron chi connectivity index (χ3n) is 8.38. The summed E-state index contributed by atoms with van der Waals surface area (Å²) in [5, 5.41) is 0. The Bertz CT molecular complexity index is 978. The number of benzene rings is 2. The molecule has 0 bridgehead atoms. The number of hydrogen-bond acceptors (Lipinski definition) is 2. The Morgan fingerprint density at radius 3 is 2.05 bits per heavy atom. The molecular formula is C30H37F5O2. The molecule has 0 amide bonds. The molecule has 0 unspecified atom stereocenters. The molecule has 0 N–H and O–H groups in total. The van der Waals surface area contributed by atoms with Gasteiger partial charge in [0.1, 0.15) is 5.75 Å². The first-order valence-corrected chi connectivity index (χ1v) is 13.7. The van der Waals surface area contributed by atoms with E-state index < -0.39 is 30.0 Å². The first-order valence-electron chi connectivity index (χ1n) is 13.7. The van der Waals surface area contributed by atoms with Crippen molar-refractivity contribution in [3.8, 4) is 11.5 Å². The second-order valence-electron chi connectivity index (χ2n) is 10.7. The van der Waals surface area contributed by atoms with Crippen LogP contribution in [0.15, 0.2) is 42.5 Å². The van der Waals surface area contributed by atoms with Crippen LogP contribution in [0.3, 0.4) is 0 Å². The number of unbranched alkanes of at least 4 members (excludes halogenated alkanes) is 1. The summed E-state index contributed by atoms with van der Waals surface area (Å²) in [6.07, 6.45) is 10.4. The molecule has 0 heterocycles. The van der Waals surface area contributed by atoms with Crippen molar-refractivity contribution >= 4 is 0 Å². The molecule has 2 aromatic rings. The molecule has 2 aliphatic rings. The molecule has 204 valence electrons. The van der Waals surface area contributed by atoms with Crippen LogP contribution in [-0.4, -0.2) is 6.61 Å². The molecular weight excluding hydrogens is 487 g/mol. The van der Waals surface area contributed by atoms with Crippen LogP contribution in [0.4, 0.5) is 22.0 Å². The van der Waals surface area contributed by atoms with Gasteiger partial charge < -0.3 is 9.47 Å². The maximum absolute atomic E-state index is 14.7. The van der Waals surface area contributed by atoms with Crippen LogP contribution in [0, 0.1) is 23.6 Å². The average molecular weight is 525 g/mol. The zero-order valence-corrected chi connectivity index (χ0v) is 21.4. The minimum Gasteiger partial charge on any atom is -0.432 e. The van der Waals surface area contributed by atoms with Crippen molar-refractivity contribution in [1.29, 1.82) is 0 Å². The zero-order chi connectivity index (χ0) is 26.4. The van der Waals surface area contributed by atoms with Crippen LogP contribution >= 0.6 is 0 Å². The van der Waals surface area contributed by atoms with Crippen molar-refractivity contribution in [2.45, 2.75) is 96.2 Å². The van der Waals surface area contributed by atoms with Gasteiger partial charge in [-0.15, -0.1) is 0 Å². The molecule has 2 nitrogen and oxygen atoms in total. The summed E-state index contributed by atoms with van der Waals surface area (Å²) in [6.45, 7) is -0.955. The molecule has 0 aromatic heterocycles. The average Bonchev–Trinajstić information content (AvgIpc) is 2.89. The number of rotatable bonds is 10. The van der Waals surface area contributed by atoms with E-state index in [4.69, 9.17) is 4.74 Å². The zero-order valence-electron chi connectivity index (χ0n) is 21.4. The van der Waals surface area contributed by atoms with Crippen molar-refractivity contribution in [2.24, 2.45) is 17.8 Å². The van der Waals surface area contributed by atoms with Gasteiger partial charge in [0.2, 0.25) is 0 Å². The Morgan fingerprint density at radius 1 is 0.865 bits per heavy atom. The smallest absolute Gasteiger partial charge is 0.426 e. The van der Waals surface area contributed by atoms with Crippen molar-refractivity contribution in [3.63, 3.8) is 0 Å². The van der Waals surface area contributed by atoms with Crippen LogP contribution < -0.4 is 9.47 Å². The Kier molecular flexibility index (Phi) is 9.36. The third kappa shape index (κ3) is 7.38. The normalized spacial score (nSPS) is 24.7. The molecule has 0 aliphatic heterocycles. The van der Waals surface area contributed by atoms with E-state index in [1.54, 1.807) is 12.1 Å². The van der Waals surface area contributed by atoms with Crippen LogP contribution in [-0.2, 0) is 6.11 Å². The fourth-order valence-corrected chi connectivity index (χ4v) is 6.26. The minimum atomic E-state index is -3.70. The first-order chi connectivity index (χ1) is 17.7. The molecule has 37 heavy (non-hydrogen) atoms. The van der Waals surface area contributed by atoms with Crippen molar-refractivity contribution in [2.75, 3.05) is 0 Å². The van der Waals surface area contributed by atoms with Crippen LogP contribution in [0.2, 0.25) is 0 Å². The SMILES string of the molecule is CCCCC1CCC(C2CCC(c3ccc(C(F)(F)Oc4ccc(OC(F)F)c(F)c4)cc3)CC2)CC1. The largest absolute Gasteiger partial charge is 0.432 e. The molecule has 2 aromatic carbocycles. The summed E-state index contributed by atoms with van der Waals surface area (Å²) < 4.78 is 76.5. The summed E-state index contributed by atoms with van der Waals surface area (Å²) >= 11 is 0. The molecule has 2 aliphatic carbocycles. The number of ether oxygens (including phenoxy) is 2. The third-order valence-corrected chi connectivity index (χ3v) is 8.38. The molecule has 0 spiro atoms. The highest BCUT2D eigenvalue weighted by molar-refractivity contribution is 5.34. The van der Waals surface area contributed by atoms with Crippen LogP contribution in [0.25, 0.3) is 0 Å². The highest BCUT2D eigenvalue weighted by Crippen LogP contribution is 2.45.